The molecule has 0 aliphatic heterocycles. The molecule has 0 aliphatic carbocycles. The number of para-hydroxylation sites is 2. The summed E-state index contributed by atoms with van der Waals surface area (Å²) in [5, 5.41) is 19.2. The van der Waals surface area contributed by atoms with Crippen molar-refractivity contribution in [2.24, 2.45) is 11.7 Å². The van der Waals surface area contributed by atoms with E-state index in [2.05, 4.69) is 25.9 Å². The molecule has 0 fully saturated rings. The molecule has 5 unspecified atom stereocenters. The second-order valence-electron chi connectivity index (χ2n) is 10.7. The van der Waals surface area contributed by atoms with Crippen LogP contribution in [-0.2, 0) is 32.0 Å². The first-order valence-electron chi connectivity index (χ1n) is 14.1. The molecule has 2 aromatic heterocycles. The van der Waals surface area contributed by atoms with Crippen molar-refractivity contribution in [3.8, 4) is 0 Å². The van der Waals surface area contributed by atoms with Gasteiger partial charge in [0.05, 0.1) is 6.04 Å². The maximum Gasteiger partial charge on any atom is 0.325 e. The molecule has 5 atom stereocenters. The van der Waals surface area contributed by atoms with Gasteiger partial charge in [0.1, 0.15) is 18.1 Å². The van der Waals surface area contributed by atoms with Crippen molar-refractivity contribution >= 4 is 45.5 Å². The van der Waals surface area contributed by atoms with Gasteiger partial charge in [0, 0.05) is 47.0 Å². The van der Waals surface area contributed by atoms with Crippen LogP contribution in [0.1, 0.15) is 38.3 Å². The average molecular weight is 575 g/mol. The van der Waals surface area contributed by atoms with Crippen molar-refractivity contribution in [3.63, 3.8) is 0 Å². The Bertz CT molecular complexity index is 1580. The van der Waals surface area contributed by atoms with Crippen LogP contribution in [0, 0.1) is 5.92 Å². The van der Waals surface area contributed by atoms with Gasteiger partial charge >= 0.3 is 5.97 Å². The number of amides is 3. The van der Waals surface area contributed by atoms with Gasteiger partial charge < -0.3 is 36.8 Å². The SMILES string of the molecule is CCC(C)C(N)C(=O)NC(Cc1c[nH]c2ccccc12)C(=O)NC(Cc1c[nH]c2ccccc12)C(=O)NC(C)C(=O)O. The highest BCUT2D eigenvalue weighted by atomic mass is 16.4. The van der Waals surface area contributed by atoms with Crippen LogP contribution in [0.5, 0.6) is 0 Å². The molecule has 11 heteroatoms. The summed E-state index contributed by atoms with van der Waals surface area (Å²) < 4.78 is 0. The Labute approximate surface area is 243 Å². The highest BCUT2D eigenvalue weighted by Crippen LogP contribution is 2.21. The zero-order valence-corrected chi connectivity index (χ0v) is 23.9. The summed E-state index contributed by atoms with van der Waals surface area (Å²) in [5.41, 5.74) is 9.51. The van der Waals surface area contributed by atoms with Crippen molar-refractivity contribution in [1.29, 1.82) is 0 Å². The van der Waals surface area contributed by atoms with Crippen LogP contribution in [-0.4, -0.2) is 62.9 Å². The number of fused-ring (bicyclic) bond motifs is 2. The van der Waals surface area contributed by atoms with E-state index >= 15 is 0 Å². The molecule has 2 heterocycles. The molecule has 2 aromatic carbocycles. The average Bonchev–Trinajstić information content (AvgIpc) is 3.59. The summed E-state index contributed by atoms with van der Waals surface area (Å²) in [6, 6.07) is 11.0. The fourth-order valence-electron chi connectivity index (χ4n) is 4.89. The quantitative estimate of drug-likeness (QED) is 0.129. The molecule has 11 nitrogen and oxygen atoms in total. The topological polar surface area (TPSA) is 182 Å². The lowest BCUT2D eigenvalue weighted by Crippen LogP contribution is -2.58. The van der Waals surface area contributed by atoms with Crippen LogP contribution in [0.25, 0.3) is 21.8 Å². The Kier molecular flexibility index (Phi) is 9.64. The minimum atomic E-state index is -1.20. The molecular weight excluding hydrogens is 536 g/mol. The van der Waals surface area contributed by atoms with Crippen LogP contribution in [0.15, 0.2) is 60.9 Å². The third-order valence-electron chi connectivity index (χ3n) is 7.75. The van der Waals surface area contributed by atoms with Gasteiger partial charge in [-0.2, -0.15) is 0 Å². The summed E-state index contributed by atoms with van der Waals surface area (Å²) in [4.78, 5) is 58.1. The number of hydrogen-bond donors (Lipinski definition) is 7. The number of carbonyl (C=O) groups is 4. The van der Waals surface area contributed by atoms with E-state index < -0.39 is 47.9 Å². The Hall–Kier alpha value is -4.64. The predicted molar refractivity (Wildman–Crippen MR) is 161 cm³/mol. The van der Waals surface area contributed by atoms with Crippen molar-refractivity contribution in [2.45, 2.75) is 64.2 Å². The predicted octanol–water partition coefficient (Wildman–Crippen LogP) is 2.37. The Morgan fingerprint density at radius 1 is 0.762 bits per heavy atom. The van der Waals surface area contributed by atoms with E-state index in [0.29, 0.717) is 6.42 Å². The van der Waals surface area contributed by atoms with Gasteiger partial charge in [0.2, 0.25) is 17.7 Å². The van der Waals surface area contributed by atoms with Crippen LogP contribution in [0.3, 0.4) is 0 Å². The lowest BCUT2D eigenvalue weighted by atomic mass is 9.98. The molecule has 4 rings (SSSR count). The molecule has 0 saturated carbocycles. The van der Waals surface area contributed by atoms with Gasteiger partial charge in [-0.25, -0.2) is 0 Å². The van der Waals surface area contributed by atoms with Gasteiger partial charge in [-0.15, -0.1) is 0 Å². The Morgan fingerprint density at radius 2 is 1.21 bits per heavy atom. The summed E-state index contributed by atoms with van der Waals surface area (Å²) in [6.45, 7) is 5.14. The summed E-state index contributed by atoms with van der Waals surface area (Å²) in [6.07, 6.45) is 4.46. The Morgan fingerprint density at radius 3 is 1.69 bits per heavy atom. The fourth-order valence-corrected chi connectivity index (χ4v) is 4.89. The minimum Gasteiger partial charge on any atom is -0.480 e. The van der Waals surface area contributed by atoms with Crippen LogP contribution in [0.4, 0.5) is 0 Å². The smallest absolute Gasteiger partial charge is 0.325 e. The number of hydrogen-bond acceptors (Lipinski definition) is 5. The number of nitrogens with one attached hydrogen (secondary N) is 5. The van der Waals surface area contributed by atoms with Gasteiger partial charge in [-0.05, 0) is 36.1 Å². The van der Waals surface area contributed by atoms with Crippen molar-refractivity contribution in [3.05, 3.63) is 72.1 Å². The Balaban J connectivity index is 1.63. The van der Waals surface area contributed by atoms with Gasteiger partial charge in [0.15, 0.2) is 0 Å². The minimum absolute atomic E-state index is 0.0913. The van der Waals surface area contributed by atoms with Crippen molar-refractivity contribution < 1.29 is 24.3 Å². The maximum absolute atomic E-state index is 13.8. The van der Waals surface area contributed by atoms with Gasteiger partial charge in [-0.3, -0.25) is 19.2 Å². The lowest BCUT2D eigenvalue weighted by molar-refractivity contribution is -0.141. The maximum atomic E-state index is 13.8. The molecule has 0 radical (unpaired) electrons. The van der Waals surface area contributed by atoms with E-state index in [0.717, 1.165) is 32.9 Å². The number of aromatic amines is 2. The molecule has 4 aromatic rings. The highest BCUT2D eigenvalue weighted by Gasteiger charge is 2.31. The zero-order chi connectivity index (χ0) is 30.4. The number of H-pyrrole nitrogens is 2. The second-order valence-corrected chi connectivity index (χ2v) is 10.7. The number of nitrogens with two attached hydrogens (primary N) is 1. The number of carbonyl (C=O) groups excluding carboxylic acids is 3. The standard InChI is InChI=1S/C31H38N6O5/c1-4-17(2)27(32)30(40)37-26(14-20-16-34-24-12-8-6-10-22(20)24)29(39)36-25(28(38)35-18(3)31(41)42)13-19-15-33-23-11-7-5-9-21(19)23/h5-12,15-18,25-27,33-34H,4,13-14,32H2,1-3H3,(H,35,38)(H,36,39)(H,37,40)(H,41,42). The largest absolute Gasteiger partial charge is 0.480 e. The number of aromatic nitrogens is 2. The number of carboxylic acid groups (broad SMARTS) is 1. The molecule has 0 aliphatic rings. The van der Waals surface area contributed by atoms with Gasteiger partial charge in [-0.1, -0.05) is 56.7 Å². The van der Waals surface area contributed by atoms with E-state index in [1.54, 1.807) is 12.4 Å². The summed E-state index contributed by atoms with van der Waals surface area (Å²) in [7, 11) is 0. The number of carboxylic acids is 1. The first-order valence-corrected chi connectivity index (χ1v) is 14.1. The molecule has 0 bridgehead atoms. The van der Waals surface area contributed by atoms with Crippen LogP contribution < -0.4 is 21.7 Å². The van der Waals surface area contributed by atoms with E-state index in [1.165, 1.54) is 6.92 Å². The first kappa shape index (κ1) is 30.3. The molecule has 222 valence electrons. The molecule has 0 spiro atoms. The third-order valence-corrected chi connectivity index (χ3v) is 7.75. The normalized spacial score (nSPS) is 15.0. The molecular formula is C31H38N6O5. The highest BCUT2D eigenvalue weighted by molar-refractivity contribution is 5.95. The van der Waals surface area contributed by atoms with E-state index in [1.807, 2.05) is 62.4 Å². The van der Waals surface area contributed by atoms with Gasteiger partial charge in [0.25, 0.3) is 0 Å². The molecule has 42 heavy (non-hydrogen) atoms. The monoisotopic (exact) mass is 574 g/mol. The van der Waals surface area contributed by atoms with Crippen molar-refractivity contribution in [1.82, 2.24) is 25.9 Å². The van der Waals surface area contributed by atoms with E-state index in [-0.39, 0.29) is 18.8 Å². The molecule has 8 N–H and O–H groups in total. The summed E-state index contributed by atoms with van der Waals surface area (Å²) >= 11 is 0. The van der Waals surface area contributed by atoms with E-state index in [9.17, 15) is 24.3 Å². The number of benzene rings is 2. The summed E-state index contributed by atoms with van der Waals surface area (Å²) in [5.74, 6) is -3.03. The first-order chi connectivity index (χ1) is 20.1. The number of aliphatic carboxylic acids is 1. The molecule has 3 amide bonds. The molecule has 0 saturated heterocycles. The van der Waals surface area contributed by atoms with E-state index in [4.69, 9.17) is 5.73 Å². The lowest BCUT2D eigenvalue weighted by Gasteiger charge is -2.26. The fraction of sp³-hybridized carbons (Fsp3) is 0.355. The number of rotatable bonds is 13. The zero-order valence-electron chi connectivity index (χ0n) is 23.9. The third kappa shape index (κ3) is 6.98. The van der Waals surface area contributed by atoms with Crippen LogP contribution in [0.2, 0.25) is 0 Å². The van der Waals surface area contributed by atoms with Crippen LogP contribution >= 0.6 is 0 Å². The second kappa shape index (κ2) is 13.3. The van der Waals surface area contributed by atoms with Crippen molar-refractivity contribution in [2.75, 3.05) is 0 Å².